The number of rotatable bonds is 6. The summed E-state index contributed by atoms with van der Waals surface area (Å²) in [4.78, 5) is 0. The van der Waals surface area contributed by atoms with Gasteiger partial charge in [0.05, 0.1) is 0 Å². The molecule has 1 aliphatic heterocycles. The highest BCUT2D eigenvalue weighted by Gasteiger charge is 2.34. The van der Waals surface area contributed by atoms with Crippen molar-refractivity contribution in [2.75, 3.05) is 26.2 Å². The lowest BCUT2D eigenvalue weighted by Crippen LogP contribution is -2.45. The van der Waals surface area contributed by atoms with Gasteiger partial charge in [0, 0.05) is 13.1 Å². The van der Waals surface area contributed by atoms with Gasteiger partial charge in [0.15, 0.2) is 0 Å². The lowest BCUT2D eigenvalue weighted by atomic mass is 9.76. The molecule has 0 amide bonds. The van der Waals surface area contributed by atoms with Crippen molar-refractivity contribution in [3.63, 3.8) is 0 Å². The zero-order chi connectivity index (χ0) is 12.9. The lowest BCUT2D eigenvalue weighted by Gasteiger charge is -2.38. The van der Waals surface area contributed by atoms with Gasteiger partial charge in [-0.2, -0.15) is 0 Å². The average molecular weight is 252 g/mol. The standard InChI is InChI=1S/C16H32N2/c1-3-15(7-5-6-8-15)13-18-14-16(4-2)9-11-17-12-10-16/h17-18H,3-14H2,1-2H3. The summed E-state index contributed by atoms with van der Waals surface area (Å²) >= 11 is 0. The Morgan fingerprint density at radius 3 is 1.83 bits per heavy atom. The van der Waals surface area contributed by atoms with Gasteiger partial charge < -0.3 is 10.6 Å². The van der Waals surface area contributed by atoms with E-state index in [0.717, 1.165) is 0 Å². The van der Waals surface area contributed by atoms with Crippen LogP contribution in [0.2, 0.25) is 0 Å². The molecule has 1 heterocycles. The van der Waals surface area contributed by atoms with Crippen LogP contribution in [0.5, 0.6) is 0 Å². The first-order valence-corrected chi connectivity index (χ1v) is 8.16. The van der Waals surface area contributed by atoms with Gasteiger partial charge in [-0.05, 0) is 62.4 Å². The van der Waals surface area contributed by atoms with Gasteiger partial charge in [-0.25, -0.2) is 0 Å². The van der Waals surface area contributed by atoms with Crippen LogP contribution in [0, 0.1) is 10.8 Å². The van der Waals surface area contributed by atoms with Crippen LogP contribution in [0.1, 0.15) is 65.2 Å². The van der Waals surface area contributed by atoms with Gasteiger partial charge in [-0.1, -0.05) is 26.7 Å². The molecule has 0 aromatic rings. The van der Waals surface area contributed by atoms with Crippen LogP contribution in [-0.4, -0.2) is 26.2 Å². The zero-order valence-electron chi connectivity index (χ0n) is 12.5. The third kappa shape index (κ3) is 3.27. The SMILES string of the molecule is CCC1(CNCC2(CC)CCNCC2)CCCC1. The Balaban J connectivity index is 1.79. The van der Waals surface area contributed by atoms with E-state index in [1.54, 1.807) is 0 Å². The molecular weight excluding hydrogens is 220 g/mol. The minimum atomic E-state index is 0.582. The maximum absolute atomic E-state index is 3.85. The summed E-state index contributed by atoms with van der Waals surface area (Å²) in [7, 11) is 0. The Labute approximate surface area is 113 Å². The fraction of sp³-hybridized carbons (Fsp3) is 1.00. The van der Waals surface area contributed by atoms with E-state index in [4.69, 9.17) is 0 Å². The van der Waals surface area contributed by atoms with Gasteiger partial charge in [0.2, 0.25) is 0 Å². The topological polar surface area (TPSA) is 24.1 Å². The number of nitrogens with one attached hydrogen (secondary N) is 2. The number of piperidine rings is 1. The summed E-state index contributed by atoms with van der Waals surface area (Å²) in [5, 5.41) is 7.35. The first-order chi connectivity index (χ1) is 8.74. The van der Waals surface area contributed by atoms with Gasteiger partial charge in [-0.3, -0.25) is 0 Å². The Bertz CT molecular complexity index is 237. The van der Waals surface area contributed by atoms with Crippen molar-refractivity contribution in [2.24, 2.45) is 10.8 Å². The highest BCUT2D eigenvalue weighted by atomic mass is 14.9. The molecule has 2 heteroatoms. The number of hydrogen-bond donors (Lipinski definition) is 2. The molecule has 0 radical (unpaired) electrons. The van der Waals surface area contributed by atoms with Crippen molar-refractivity contribution in [1.82, 2.24) is 10.6 Å². The molecule has 0 unspecified atom stereocenters. The molecule has 2 N–H and O–H groups in total. The second kappa shape index (κ2) is 6.38. The normalized spacial score (nSPS) is 26.3. The van der Waals surface area contributed by atoms with Crippen LogP contribution >= 0.6 is 0 Å². The van der Waals surface area contributed by atoms with Crippen molar-refractivity contribution >= 4 is 0 Å². The summed E-state index contributed by atoms with van der Waals surface area (Å²) < 4.78 is 0. The molecule has 2 aliphatic rings. The summed E-state index contributed by atoms with van der Waals surface area (Å²) in [6, 6.07) is 0. The van der Waals surface area contributed by atoms with Gasteiger partial charge >= 0.3 is 0 Å². The Morgan fingerprint density at radius 1 is 0.833 bits per heavy atom. The third-order valence-corrected chi connectivity index (χ3v) is 5.83. The Kier molecular flexibility index (Phi) is 5.08. The lowest BCUT2D eigenvalue weighted by molar-refractivity contribution is 0.169. The van der Waals surface area contributed by atoms with Crippen LogP contribution in [0.3, 0.4) is 0 Å². The van der Waals surface area contributed by atoms with Crippen LogP contribution in [0.4, 0.5) is 0 Å². The van der Waals surface area contributed by atoms with E-state index < -0.39 is 0 Å². The largest absolute Gasteiger partial charge is 0.317 e. The van der Waals surface area contributed by atoms with E-state index in [1.165, 1.54) is 77.5 Å². The highest BCUT2D eigenvalue weighted by Crippen LogP contribution is 2.40. The van der Waals surface area contributed by atoms with E-state index >= 15 is 0 Å². The van der Waals surface area contributed by atoms with E-state index in [9.17, 15) is 0 Å². The molecule has 0 bridgehead atoms. The maximum atomic E-state index is 3.85. The number of hydrogen-bond acceptors (Lipinski definition) is 2. The monoisotopic (exact) mass is 252 g/mol. The van der Waals surface area contributed by atoms with E-state index in [1.807, 2.05) is 0 Å². The predicted molar refractivity (Wildman–Crippen MR) is 78.9 cm³/mol. The average Bonchev–Trinajstić information content (AvgIpc) is 2.89. The van der Waals surface area contributed by atoms with Crippen LogP contribution in [-0.2, 0) is 0 Å². The van der Waals surface area contributed by atoms with Gasteiger partial charge in [0.1, 0.15) is 0 Å². The molecule has 0 atom stereocenters. The molecule has 0 aromatic carbocycles. The molecule has 1 saturated carbocycles. The molecule has 1 saturated heterocycles. The minimum absolute atomic E-state index is 0.582. The van der Waals surface area contributed by atoms with Gasteiger partial charge in [-0.15, -0.1) is 0 Å². The van der Waals surface area contributed by atoms with Gasteiger partial charge in [0.25, 0.3) is 0 Å². The van der Waals surface area contributed by atoms with Crippen LogP contribution in [0.15, 0.2) is 0 Å². The Morgan fingerprint density at radius 2 is 1.33 bits per heavy atom. The molecule has 0 spiro atoms. The second-order valence-electron chi connectivity index (χ2n) is 6.77. The van der Waals surface area contributed by atoms with Crippen molar-refractivity contribution in [3.8, 4) is 0 Å². The van der Waals surface area contributed by atoms with E-state index in [2.05, 4.69) is 24.5 Å². The second-order valence-corrected chi connectivity index (χ2v) is 6.77. The zero-order valence-corrected chi connectivity index (χ0v) is 12.5. The third-order valence-electron chi connectivity index (χ3n) is 5.83. The van der Waals surface area contributed by atoms with Crippen LogP contribution < -0.4 is 10.6 Å². The quantitative estimate of drug-likeness (QED) is 0.758. The molecule has 18 heavy (non-hydrogen) atoms. The fourth-order valence-electron chi connectivity index (χ4n) is 3.99. The van der Waals surface area contributed by atoms with E-state index in [0.29, 0.717) is 10.8 Å². The minimum Gasteiger partial charge on any atom is -0.317 e. The summed E-state index contributed by atoms with van der Waals surface area (Å²) in [6.07, 6.45) is 11.2. The first kappa shape index (κ1) is 14.3. The maximum Gasteiger partial charge on any atom is 0.000889 e. The molecular formula is C16H32N2. The molecule has 1 aliphatic carbocycles. The summed E-state index contributed by atoms with van der Waals surface area (Å²) in [5.74, 6) is 0. The Hall–Kier alpha value is -0.0800. The molecule has 2 fully saturated rings. The first-order valence-electron chi connectivity index (χ1n) is 8.16. The molecule has 0 aromatic heterocycles. The van der Waals surface area contributed by atoms with Crippen LogP contribution in [0.25, 0.3) is 0 Å². The van der Waals surface area contributed by atoms with Crippen molar-refractivity contribution in [1.29, 1.82) is 0 Å². The molecule has 2 rings (SSSR count). The van der Waals surface area contributed by atoms with E-state index in [-0.39, 0.29) is 0 Å². The fourth-order valence-corrected chi connectivity index (χ4v) is 3.99. The predicted octanol–water partition coefficient (Wildman–Crippen LogP) is 3.33. The van der Waals surface area contributed by atoms with Crippen molar-refractivity contribution < 1.29 is 0 Å². The highest BCUT2D eigenvalue weighted by molar-refractivity contribution is 4.89. The smallest absolute Gasteiger partial charge is 0.000889 e. The van der Waals surface area contributed by atoms with Crippen molar-refractivity contribution in [2.45, 2.75) is 65.2 Å². The summed E-state index contributed by atoms with van der Waals surface area (Å²) in [6.45, 7) is 9.69. The summed E-state index contributed by atoms with van der Waals surface area (Å²) in [5.41, 5.74) is 1.22. The van der Waals surface area contributed by atoms with Crippen molar-refractivity contribution in [3.05, 3.63) is 0 Å². The molecule has 106 valence electrons. The molecule has 2 nitrogen and oxygen atoms in total.